The number of fused-ring (bicyclic) bond motifs is 1. The molecular formula is C15H20ClNO3. The van der Waals surface area contributed by atoms with Gasteiger partial charge in [0.15, 0.2) is 0 Å². The number of carbonyl (C=O) groups excluding carboxylic acids is 1. The van der Waals surface area contributed by atoms with Crippen LogP contribution >= 0.6 is 11.6 Å². The number of ether oxygens (including phenoxy) is 2. The van der Waals surface area contributed by atoms with Crippen molar-refractivity contribution in [3.8, 4) is 0 Å². The minimum atomic E-state index is -0.693. The molecule has 0 heterocycles. The molecule has 1 aromatic rings. The lowest BCUT2D eigenvalue weighted by Crippen LogP contribution is -2.54. The standard InChI is InChI=1S/C15H20ClNO3/c1-3-20-14(18)15(17-6-7-19-2)9-11-4-5-13(16)8-12(11)10-15/h4-5,8,17H,3,6-7,9-10H2,1-2H3. The van der Waals surface area contributed by atoms with E-state index in [9.17, 15) is 4.79 Å². The first-order valence-electron chi connectivity index (χ1n) is 6.80. The van der Waals surface area contributed by atoms with Crippen LogP contribution in [0.25, 0.3) is 0 Å². The van der Waals surface area contributed by atoms with E-state index >= 15 is 0 Å². The molecule has 110 valence electrons. The SMILES string of the molecule is CCOC(=O)C1(NCCOC)Cc2ccc(Cl)cc2C1. The maximum Gasteiger partial charge on any atom is 0.327 e. The molecule has 5 heteroatoms. The van der Waals surface area contributed by atoms with Crippen molar-refractivity contribution in [2.45, 2.75) is 25.3 Å². The summed E-state index contributed by atoms with van der Waals surface area (Å²) in [6.45, 7) is 3.36. The van der Waals surface area contributed by atoms with E-state index in [0.29, 0.717) is 37.6 Å². The average molecular weight is 298 g/mol. The molecule has 0 bridgehead atoms. The van der Waals surface area contributed by atoms with E-state index in [-0.39, 0.29) is 5.97 Å². The Hall–Kier alpha value is -1.10. The lowest BCUT2D eigenvalue weighted by Gasteiger charge is -2.27. The quantitative estimate of drug-likeness (QED) is 0.644. The molecule has 0 aromatic heterocycles. The molecule has 1 aliphatic carbocycles. The van der Waals surface area contributed by atoms with Crippen LogP contribution in [0.3, 0.4) is 0 Å². The molecule has 1 aliphatic rings. The second kappa shape index (κ2) is 6.57. The summed E-state index contributed by atoms with van der Waals surface area (Å²) in [4.78, 5) is 12.4. The Labute approximate surface area is 124 Å². The van der Waals surface area contributed by atoms with Gasteiger partial charge in [-0.3, -0.25) is 10.1 Å². The van der Waals surface area contributed by atoms with Gasteiger partial charge in [0, 0.05) is 31.5 Å². The monoisotopic (exact) mass is 297 g/mol. The minimum Gasteiger partial charge on any atom is -0.465 e. The molecule has 20 heavy (non-hydrogen) atoms. The third kappa shape index (κ3) is 3.14. The normalized spacial score (nSPS) is 20.8. The molecule has 1 aromatic carbocycles. The van der Waals surface area contributed by atoms with Gasteiger partial charge in [-0.05, 0) is 30.2 Å². The van der Waals surface area contributed by atoms with Crippen molar-refractivity contribution < 1.29 is 14.3 Å². The van der Waals surface area contributed by atoms with E-state index in [2.05, 4.69) is 5.32 Å². The van der Waals surface area contributed by atoms with Gasteiger partial charge in [0.25, 0.3) is 0 Å². The summed E-state index contributed by atoms with van der Waals surface area (Å²) in [7, 11) is 1.64. The number of benzene rings is 1. The maximum atomic E-state index is 12.4. The summed E-state index contributed by atoms with van der Waals surface area (Å²) in [5, 5.41) is 4.00. The summed E-state index contributed by atoms with van der Waals surface area (Å²) in [6, 6.07) is 5.77. The Bertz CT molecular complexity index is 492. The van der Waals surface area contributed by atoms with Crippen molar-refractivity contribution in [1.29, 1.82) is 0 Å². The molecular weight excluding hydrogens is 278 g/mol. The second-order valence-electron chi connectivity index (χ2n) is 4.99. The molecule has 0 radical (unpaired) electrons. The van der Waals surface area contributed by atoms with Crippen LogP contribution in [0.15, 0.2) is 18.2 Å². The number of rotatable bonds is 6. The molecule has 1 N–H and O–H groups in total. The van der Waals surface area contributed by atoms with Crippen molar-refractivity contribution >= 4 is 17.6 Å². The van der Waals surface area contributed by atoms with Crippen molar-refractivity contribution in [2.24, 2.45) is 0 Å². The molecule has 4 nitrogen and oxygen atoms in total. The maximum absolute atomic E-state index is 12.4. The highest BCUT2D eigenvalue weighted by molar-refractivity contribution is 6.30. The van der Waals surface area contributed by atoms with Gasteiger partial charge in [-0.25, -0.2) is 0 Å². The van der Waals surface area contributed by atoms with Crippen LogP contribution in [0.4, 0.5) is 0 Å². The van der Waals surface area contributed by atoms with Crippen LogP contribution in [-0.4, -0.2) is 38.4 Å². The molecule has 1 atom stereocenters. The summed E-state index contributed by atoms with van der Waals surface area (Å²) in [5.74, 6) is -0.205. The van der Waals surface area contributed by atoms with Crippen molar-refractivity contribution in [3.05, 3.63) is 34.3 Å². The number of methoxy groups -OCH3 is 1. The van der Waals surface area contributed by atoms with Crippen molar-refractivity contribution in [3.63, 3.8) is 0 Å². The fourth-order valence-corrected chi connectivity index (χ4v) is 2.84. The summed E-state index contributed by atoms with van der Waals surface area (Å²) in [6.07, 6.45) is 1.23. The zero-order chi connectivity index (χ0) is 14.6. The summed E-state index contributed by atoms with van der Waals surface area (Å²) >= 11 is 6.03. The molecule has 0 saturated heterocycles. The van der Waals surface area contributed by atoms with Gasteiger partial charge >= 0.3 is 5.97 Å². The number of carbonyl (C=O) groups is 1. The second-order valence-corrected chi connectivity index (χ2v) is 5.43. The Morgan fingerprint density at radius 2 is 2.15 bits per heavy atom. The van der Waals surface area contributed by atoms with Crippen LogP contribution in [0, 0.1) is 0 Å². The number of nitrogens with one attached hydrogen (secondary N) is 1. The smallest absolute Gasteiger partial charge is 0.327 e. The van der Waals surface area contributed by atoms with E-state index in [4.69, 9.17) is 21.1 Å². The number of hydrogen-bond acceptors (Lipinski definition) is 4. The Morgan fingerprint density at radius 1 is 1.40 bits per heavy atom. The predicted molar refractivity (Wildman–Crippen MR) is 78.1 cm³/mol. The topological polar surface area (TPSA) is 47.6 Å². The molecule has 1 unspecified atom stereocenters. The Kier molecular flexibility index (Phi) is 5.02. The molecule has 0 saturated carbocycles. The lowest BCUT2D eigenvalue weighted by molar-refractivity contribution is -0.151. The van der Waals surface area contributed by atoms with Crippen molar-refractivity contribution in [2.75, 3.05) is 26.9 Å². The molecule has 0 aliphatic heterocycles. The molecule has 2 rings (SSSR count). The third-order valence-electron chi connectivity index (χ3n) is 3.59. The van der Waals surface area contributed by atoms with E-state index in [0.717, 1.165) is 11.1 Å². The van der Waals surface area contributed by atoms with Gasteiger partial charge in [0.1, 0.15) is 5.54 Å². The van der Waals surface area contributed by atoms with E-state index in [1.807, 2.05) is 25.1 Å². The largest absolute Gasteiger partial charge is 0.465 e. The lowest BCUT2D eigenvalue weighted by atomic mass is 9.95. The third-order valence-corrected chi connectivity index (χ3v) is 3.82. The fraction of sp³-hybridized carbons (Fsp3) is 0.533. The molecule has 0 fully saturated rings. The van der Waals surface area contributed by atoms with Crippen LogP contribution in [0.2, 0.25) is 5.02 Å². The van der Waals surface area contributed by atoms with Gasteiger partial charge in [0.05, 0.1) is 13.2 Å². The van der Waals surface area contributed by atoms with Gasteiger partial charge in [-0.15, -0.1) is 0 Å². The van der Waals surface area contributed by atoms with Crippen LogP contribution in [0.1, 0.15) is 18.1 Å². The zero-order valence-corrected chi connectivity index (χ0v) is 12.6. The minimum absolute atomic E-state index is 0.205. The highest BCUT2D eigenvalue weighted by Crippen LogP contribution is 2.33. The van der Waals surface area contributed by atoms with Crippen LogP contribution in [-0.2, 0) is 27.1 Å². The Balaban J connectivity index is 2.20. The highest BCUT2D eigenvalue weighted by atomic mass is 35.5. The first-order valence-corrected chi connectivity index (χ1v) is 7.17. The molecule has 0 amide bonds. The summed E-state index contributed by atoms with van der Waals surface area (Å²) < 4.78 is 10.3. The highest BCUT2D eigenvalue weighted by Gasteiger charge is 2.44. The van der Waals surface area contributed by atoms with Gasteiger partial charge in [-0.1, -0.05) is 17.7 Å². The van der Waals surface area contributed by atoms with E-state index in [1.54, 1.807) is 7.11 Å². The van der Waals surface area contributed by atoms with Crippen LogP contribution < -0.4 is 5.32 Å². The Morgan fingerprint density at radius 3 is 2.85 bits per heavy atom. The number of esters is 1. The van der Waals surface area contributed by atoms with E-state index < -0.39 is 5.54 Å². The predicted octanol–water partition coefficient (Wildman–Crippen LogP) is 1.98. The first-order chi connectivity index (χ1) is 9.61. The average Bonchev–Trinajstić information content (AvgIpc) is 2.78. The van der Waals surface area contributed by atoms with Crippen LogP contribution in [0.5, 0.6) is 0 Å². The fourth-order valence-electron chi connectivity index (χ4n) is 2.65. The first kappa shape index (κ1) is 15.3. The van der Waals surface area contributed by atoms with Gasteiger partial charge in [0.2, 0.25) is 0 Å². The van der Waals surface area contributed by atoms with E-state index in [1.165, 1.54) is 0 Å². The zero-order valence-electron chi connectivity index (χ0n) is 11.9. The van der Waals surface area contributed by atoms with Crippen molar-refractivity contribution in [1.82, 2.24) is 5.32 Å². The molecule has 0 spiro atoms. The summed E-state index contributed by atoms with van der Waals surface area (Å²) in [5.41, 5.74) is 1.56. The van der Waals surface area contributed by atoms with Gasteiger partial charge in [-0.2, -0.15) is 0 Å². The number of halogens is 1. The number of hydrogen-bond donors (Lipinski definition) is 1. The van der Waals surface area contributed by atoms with Gasteiger partial charge < -0.3 is 9.47 Å².